The summed E-state index contributed by atoms with van der Waals surface area (Å²) in [5, 5.41) is 9.60. The summed E-state index contributed by atoms with van der Waals surface area (Å²) in [6, 6.07) is 15.5. The van der Waals surface area contributed by atoms with E-state index in [1.165, 1.54) is 0 Å². The third-order valence-corrected chi connectivity index (χ3v) is 2.72. The van der Waals surface area contributed by atoms with Crippen LogP contribution in [0, 0.1) is 0 Å². The van der Waals surface area contributed by atoms with Crippen LogP contribution in [0.2, 0.25) is 5.02 Å². The zero-order valence-electron chi connectivity index (χ0n) is 9.42. The molecule has 0 heterocycles. The van der Waals surface area contributed by atoms with Crippen LogP contribution in [0.1, 0.15) is 11.7 Å². The molecule has 18 heavy (non-hydrogen) atoms. The molecule has 0 aromatic heterocycles. The van der Waals surface area contributed by atoms with E-state index in [1.807, 2.05) is 6.07 Å². The third kappa shape index (κ3) is 2.81. The van der Waals surface area contributed by atoms with Crippen molar-refractivity contribution in [2.45, 2.75) is 6.10 Å². The molecule has 0 aliphatic heterocycles. The molecule has 0 aliphatic rings. The van der Waals surface area contributed by atoms with Crippen LogP contribution in [0.3, 0.4) is 0 Å². The summed E-state index contributed by atoms with van der Waals surface area (Å²) < 4.78 is 5.46. The van der Waals surface area contributed by atoms with E-state index in [4.69, 9.17) is 16.3 Å². The minimum atomic E-state index is -1.06. The van der Waals surface area contributed by atoms with Crippen molar-refractivity contribution in [1.29, 1.82) is 0 Å². The summed E-state index contributed by atoms with van der Waals surface area (Å²) in [7, 11) is 0. The van der Waals surface area contributed by atoms with Crippen LogP contribution in [0.25, 0.3) is 0 Å². The quantitative estimate of drug-likeness (QED) is 0.917. The van der Waals surface area contributed by atoms with E-state index in [9.17, 15) is 9.90 Å². The van der Waals surface area contributed by atoms with Crippen molar-refractivity contribution in [3.63, 3.8) is 0 Å². The molecule has 1 atom stereocenters. The second kappa shape index (κ2) is 5.56. The van der Waals surface area contributed by atoms with E-state index in [1.54, 1.807) is 48.5 Å². The Balaban J connectivity index is 2.28. The minimum Gasteiger partial charge on any atom is -0.478 e. The molecule has 92 valence electrons. The van der Waals surface area contributed by atoms with Crippen molar-refractivity contribution in [2.75, 3.05) is 0 Å². The SMILES string of the molecule is O=C(O)[C@@H](Oc1ccccc1Cl)c1ccccc1. The molecule has 0 aliphatic carbocycles. The summed E-state index contributed by atoms with van der Waals surface area (Å²) in [5.41, 5.74) is 0.574. The summed E-state index contributed by atoms with van der Waals surface area (Å²) in [6.45, 7) is 0. The van der Waals surface area contributed by atoms with Crippen molar-refractivity contribution < 1.29 is 14.6 Å². The van der Waals surface area contributed by atoms with Gasteiger partial charge in [-0.1, -0.05) is 54.1 Å². The number of carbonyl (C=O) groups is 1. The molecule has 0 saturated heterocycles. The van der Waals surface area contributed by atoms with Crippen LogP contribution in [0.15, 0.2) is 54.6 Å². The Morgan fingerprint density at radius 1 is 1.06 bits per heavy atom. The average Bonchev–Trinajstić information content (AvgIpc) is 2.38. The predicted molar refractivity (Wildman–Crippen MR) is 68.9 cm³/mol. The number of carboxylic acids is 1. The van der Waals surface area contributed by atoms with E-state index >= 15 is 0 Å². The standard InChI is InChI=1S/C14H11ClO3/c15-11-8-4-5-9-12(11)18-13(14(16)17)10-6-2-1-3-7-10/h1-9,13H,(H,16,17)/t13-/m0/s1. The van der Waals surface area contributed by atoms with Gasteiger partial charge in [0.05, 0.1) is 5.02 Å². The van der Waals surface area contributed by atoms with Gasteiger partial charge in [0.25, 0.3) is 0 Å². The Morgan fingerprint density at radius 2 is 1.67 bits per heavy atom. The summed E-state index contributed by atoms with van der Waals surface area (Å²) in [4.78, 5) is 11.2. The zero-order chi connectivity index (χ0) is 13.0. The Hall–Kier alpha value is -2.00. The average molecular weight is 263 g/mol. The summed E-state index contributed by atoms with van der Waals surface area (Å²) in [6.07, 6.45) is -1.06. The van der Waals surface area contributed by atoms with E-state index in [2.05, 4.69) is 0 Å². The number of hydrogen-bond donors (Lipinski definition) is 1. The van der Waals surface area contributed by atoms with Crippen LogP contribution < -0.4 is 4.74 Å². The molecule has 0 amide bonds. The first kappa shape index (κ1) is 12.5. The highest BCUT2D eigenvalue weighted by Gasteiger charge is 2.22. The first-order valence-electron chi connectivity index (χ1n) is 5.37. The summed E-state index contributed by atoms with van der Waals surface area (Å²) in [5.74, 6) is -0.698. The van der Waals surface area contributed by atoms with Crippen molar-refractivity contribution in [1.82, 2.24) is 0 Å². The van der Waals surface area contributed by atoms with Crippen LogP contribution in [-0.4, -0.2) is 11.1 Å². The Morgan fingerprint density at radius 3 is 2.28 bits per heavy atom. The van der Waals surface area contributed by atoms with Gasteiger partial charge in [0.2, 0.25) is 6.10 Å². The fraction of sp³-hybridized carbons (Fsp3) is 0.0714. The molecule has 0 unspecified atom stereocenters. The number of halogens is 1. The Labute approximate surface area is 110 Å². The van der Waals surface area contributed by atoms with Gasteiger partial charge in [0.1, 0.15) is 5.75 Å². The monoisotopic (exact) mass is 262 g/mol. The number of rotatable bonds is 4. The van der Waals surface area contributed by atoms with E-state index < -0.39 is 12.1 Å². The molecule has 2 aromatic carbocycles. The van der Waals surface area contributed by atoms with Crippen molar-refractivity contribution in [3.05, 3.63) is 65.2 Å². The fourth-order valence-corrected chi connectivity index (χ4v) is 1.74. The number of carboxylic acid groups (broad SMARTS) is 1. The molecule has 2 aromatic rings. The second-order valence-electron chi connectivity index (χ2n) is 3.68. The van der Waals surface area contributed by atoms with Gasteiger partial charge in [0.15, 0.2) is 0 Å². The molecule has 0 saturated carbocycles. The van der Waals surface area contributed by atoms with E-state index in [0.717, 1.165) is 0 Å². The molecule has 0 bridgehead atoms. The lowest BCUT2D eigenvalue weighted by Crippen LogP contribution is -2.18. The van der Waals surface area contributed by atoms with Gasteiger partial charge in [-0.3, -0.25) is 0 Å². The summed E-state index contributed by atoms with van der Waals surface area (Å²) >= 11 is 5.94. The van der Waals surface area contributed by atoms with Crippen molar-refractivity contribution in [2.24, 2.45) is 0 Å². The highest BCUT2D eigenvalue weighted by Crippen LogP contribution is 2.28. The second-order valence-corrected chi connectivity index (χ2v) is 4.08. The third-order valence-electron chi connectivity index (χ3n) is 2.41. The lowest BCUT2D eigenvalue weighted by molar-refractivity contribution is -0.145. The molecule has 0 fully saturated rings. The van der Waals surface area contributed by atoms with Gasteiger partial charge in [-0.05, 0) is 12.1 Å². The van der Waals surface area contributed by atoms with Crippen LogP contribution in [-0.2, 0) is 4.79 Å². The number of ether oxygens (including phenoxy) is 1. The largest absolute Gasteiger partial charge is 0.478 e. The maximum Gasteiger partial charge on any atom is 0.349 e. The van der Waals surface area contributed by atoms with Crippen molar-refractivity contribution >= 4 is 17.6 Å². The molecular weight excluding hydrogens is 252 g/mol. The highest BCUT2D eigenvalue weighted by atomic mass is 35.5. The van der Waals surface area contributed by atoms with Crippen LogP contribution in [0.5, 0.6) is 5.75 Å². The topological polar surface area (TPSA) is 46.5 Å². The molecule has 3 nitrogen and oxygen atoms in total. The number of para-hydroxylation sites is 1. The van der Waals surface area contributed by atoms with Crippen molar-refractivity contribution in [3.8, 4) is 5.75 Å². The van der Waals surface area contributed by atoms with E-state index in [-0.39, 0.29) is 0 Å². The van der Waals surface area contributed by atoms with Gasteiger partial charge in [-0.15, -0.1) is 0 Å². The normalized spacial score (nSPS) is 11.8. The smallest absolute Gasteiger partial charge is 0.349 e. The molecular formula is C14H11ClO3. The lowest BCUT2D eigenvalue weighted by atomic mass is 10.1. The lowest BCUT2D eigenvalue weighted by Gasteiger charge is -2.16. The molecule has 0 radical (unpaired) electrons. The van der Waals surface area contributed by atoms with Gasteiger partial charge in [0, 0.05) is 5.56 Å². The maximum absolute atomic E-state index is 11.2. The van der Waals surface area contributed by atoms with Crippen LogP contribution >= 0.6 is 11.6 Å². The van der Waals surface area contributed by atoms with Crippen LogP contribution in [0.4, 0.5) is 0 Å². The fourth-order valence-electron chi connectivity index (χ4n) is 1.56. The maximum atomic E-state index is 11.2. The first-order valence-corrected chi connectivity index (χ1v) is 5.75. The molecule has 4 heteroatoms. The number of aliphatic carboxylic acids is 1. The number of hydrogen-bond acceptors (Lipinski definition) is 2. The highest BCUT2D eigenvalue weighted by molar-refractivity contribution is 6.32. The van der Waals surface area contributed by atoms with Gasteiger partial charge in [-0.2, -0.15) is 0 Å². The molecule has 1 N–H and O–H groups in total. The van der Waals surface area contributed by atoms with Gasteiger partial charge in [-0.25, -0.2) is 4.79 Å². The number of benzene rings is 2. The Bertz CT molecular complexity index is 540. The minimum absolute atomic E-state index is 0.357. The molecule has 0 spiro atoms. The first-order chi connectivity index (χ1) is 8.68. The van der Waals surface area contributed by atoms with Gasteiger partial charge < -0.3 is 9.84 Å². The van der Waals surface area contributed by atoms with Gasteiger partial charge >= 0.3 is 5.97 Å². The zero-order valence-corrected chi connectivity index (χ0v) is 10.2. The Kier molecular flexibility index (Phi) is 3.85. The predicted octanol–water partition coefficient (Wildman–Crippen LogP) is 3.54. The van der Waals surface area contributed by atoms with E-state index in [0.29, 0.717) is 16.3 Å². The molecule has 2 rings (SSSR count).